The number of carbonyl (C=O) groups is 2. The fourth-order valence-electron chi connectivity index (χ4n) is 2.93. The van der Waals surface area contributed by atoms with Crippen molar-refractivity contribution in [2.75, 3.05) is 39.3 Å². The van der Waals surface area contributed by atoms with E-state index in [9.17, 15) is 19.7 Å². The van der Waals surface area contributed by atoms with Crippen molar-refractivity contribution in [2.45, 2.75) is 0 Å². The lowest BCUT2D eigenvalue weighted by atomic mass is 10.1. The Morgan fingerprint density at radius 3 is 2.59 bits per heavy atom. The Morgan fingerprint density at radius 2 is 1.93 bits per heavy atom. The van der Waals surface area contributed by atoms with Gasteiger partial charge >= 0.3 is 0 Å². The third-order valence-corrected chi connectivity index (χ3v) is 5.14. The molecule has 0 radical (unpaired) electrons. The molecule has 1 aliphatic rings. The van der Waals surface area contributed by atoms with Crippen LogP contribution in [0.3, 0.4) is 0 Å². The summed E-state index contributed by atoms with van der Waals surface area (Å²) < 4.78 is 0. The number of non-ortho nitro benzene ring substituents is 1. The maximum absolute atomic E-state index is 12.5. The number of nitrogens with zero attached hydrogens (tertiary/aromatic N) is 3. The number of thiophene rings is 1. The Kier molecular flexibility index (Phi) is 6.15. The van der Waals surface area contributed by atoms with Gasteiger partial charge in [0.25, 0.3) is 17.5 Å². The lowest BCUT2D eigenvalue weighted by Gasteiger charge is -2.34. The molecule has 3 rings (SSSR count). The molecular weight excluding hydrogens is 368 g/mol. The number of carbonyl (C=O) groups excluding carboxylic acids is 2. The van der Waals surface area contributed by atoms with Crippen LogP contribution in [0.2, 0.25) is 0 Å². The fraction of sp³-hybridized carbons (Fsp3) is 0.333. The highest BCUT2D eigenvalue weighted by atomic mass is 32.1. The summed E-state index contributed by atoms with van der Waals surface area (Å²) in [6.45, 7) is 3.78. The molecule has 0 aliphatic carbocycles. The summed E-state index contributed by atoms with van der Waals surface area (Å²) in [6.07, 6.45) is 0. The van der Waals surface area contributed by atoms with Crippen LogP contribution in [0.25, 0.3) is 0 Å². The Morgan fingerprint density at radius 1 is 1.15 bits per heavy atom. The van der Waals surface area contributed by atoms with Gasteiger partial charge in [0.05, 0.1) is 4.92 Å². The summed E-state index contributed by atoms with van der Waals surface area (Å²) >= 11 is 1.49. The van der Waals surface area contributed by atoms with Gasteiger partial charge in [-0.15, -0.1) is 0 Å². The molecule has 1 N–H and O–H groups in total. The zero-order chi connectivity index (χ0) is 19.2. The molecular formula is C18H20N4O4S. The second kappa shape index (κ2) is 8.74. The zero-order valence-corrected chi connectivity index (χ0v) is 15.5. The predicted octanol–water partition coefficient (Wildman–Crippen LogP) is 1.84. The highest BCUT2D eigenvalue weighted by molar-refractivity contribution is 7.08. The predicted molar refractivity (Wildman–Crippen MR) is 102 cm³/mol. The van der Waals surface area contributed by atoms with Crippen molar-refractivity contribution in [3.05, 3.63) is 62.3 Å². The molecule has 2 amide bonds. The van der Waals surface area contributed by atoms with Crippen LogP contribution in [0, 0.1) is 10.1 Å². The molecule has 27 heavy (non-hydrogen) atoms. The van der Waals surface area contributed by atoms with Gasteiger partial charge in [-0.1, -0.05) is 6.07 Å². The number of amides is 2. The smallest absolute Gasteiger partial charge is 0.270 e. The van der Waals surface area contributed by atoms with Gasteiger partial charge in [-0.2, -0.15) is 11.3 Å². The first-order valence-corrected chi connectivity index (χ1v) is 9.55. The molecule has 0 saturated carbocycles. The van der Waals surface area contributed by atoms with Crippen LogP contribution >= 0.6 is 11.3 Å². The molecule has 2 aromatic rings. The molecule has 2 heterocycles. The molecule has 1 aliphatic heterocycles. The number of hydrogen-bond acceptors (Lipinski definition) is 6. The molecule has 0 unspecified atom stereocenters. The molecule has 8 nitrogen and oxygen atoms in total. The number of nitro groups is 1. The van der Waals surface area contributed by atoms with E-state index in [0.29, 0.717) is 50.4 Å². The van der Waals surface area contributed by atoms with Crippen LogP contribution in [0.4, 0.5) is 5.69 Å². The van der Waals surface area contributed by atoms with Gasteiger partial charge in [-0.3, -0.25) is 24.6 Å². The molecule has 0 atom stereocenters. The van der Waals surface area contributed by atoms with Crippen LogP contribution in [-0.2, 0) is 0 Å². The summed E-state index contributed by atoms with van der Waals surface area (Å²) in [5, 5.41) is 17.4. The monoisotopic (exact) mass is 388 g/mol. The maximum Gasteiger partial charge on any atom is 0.270 e. The summed E-state index contributed by atoms with van der Waals surface area (Å²) in [6, 6.07) is 7.60. The van der Waals surface area contributed by atoms with E-state index in [1.807, 2.05) is 10.8 Å². The number of nitrogens with one attached hydrogen (secondary N) is 1. The number of nitro benzene ring substituents is 1. The standard InChI is InChI=1S/C18H20N4O4S/c23-17(15-4-11-27-13-15)19-5-6-20-7-9-21(10-8-20)18(24)14-2-1-3-16(12-14)22(25)26/h1-4,11-13H,5-10H2,(H,19,23). The van der Waals surface area contributed by atoms with Crippen molar-refractivity contribution in [1.29, 1.82) is 0 Å². The van der Waals surface area contributed by atoms with Gasteiger partial charge in [-0.05, 0) is 17.5 Å². The van der Waals surface area contributed by atoms with Crippen molar-refractivity contribution in [3.8, 4) is 0 Å². The first kappa shape index (κ1) is 19.0. The van der Waals surface area contributed by atoms with Gasteiger partial charge in [0.2, 0.25) is 0 Å². The van der Waals surface area contributed by atoms with E-state index in [0.717, 1.165) is 0 Å². The van der Waals surface area contributed by atoms with Gasteiger partial charge in [0.15, 0.2) is 0 Å². The minimum absolute atomic E-state index is 0.0734. The van der Waals surface area contributed by atoms with E-state index >= 15 is 0 Å². The second-order valence-electron chi connectivity index (χ2n) is 6.21. The minimum atomic E-state index is -0.501. The third-order valence-electron chi connectivity index (χ3n) is 4.46. The van der Waals surface area contributed by atoms with Gasteiger partial charge < -0.3 is 10.2 Å². The lowest BCUT2D eigenvalue weighted by Crippen LogP contribution is -2.50. The third kappa shape index (κ3) is 4.89. The topological polar surface area (TPSA) is 95.8 Å². The van der Waals surface area contributed by atoms with E-state index in [1.54, 1.807) is 17.0 Å². The van der Waals surface area contributed by atoms with Crippen molar-refractivity contribution < 1.29 is 14.5 Å². The zero-order valence-electron chi connectivity index (χ0n) is 14.7. The van der Waals surface area contributed by atoms with Crippen LogP contribution in [0.1, 0.15) is 20.7 Å². The number of piperazine rings is 1. The highest BCUT2D eigenvalue weighted by Crippen LogP contribution is 2.16. The van der Waals surface area contributed by atoms with Gasteiger partial charge in [-0.25, -0.2) is 0 Å². The Labute approximate surface area is 160 Å². The molecule has 142 valence electrons. The van der Waals surface area contributed by atoms with Crippen molar-refractivity contribution in [2.24, 2.45) is 0 Å². The Balaban J connectivity index is 1.44. The Hall–Kier alpha value is -2.78. The SMILES string of the molecule is O=C(NCCN1CCN(C(=O)c2cccc([N+](=O)[O-])c2)CC1)c1ccsc1. The van der Waals surface area contributed by atoms with Crippen LogP contribution < -0.4 is 5.32 Å². The molecule has 1 fully saturated rings. The largest absolute Gasteiger partial charge is 0.351 e. The number of rotatable bonds is 6. The van der Waals surface area contributed by atoms with E-state index in [-0.39, 0.29) is 17.5 Å². The quantitative estimate of drug-likeness (QED) is 0.602. The first-order valence-electron chi connectivity index (χ1n) is 8.61. The molecule has 1 aromatic carbocycles. The summed E-state index contributed by atoms with van der Waals surface area (Å²) in [5.74, 6) is -0.264. The number of benzene rings is 1. The summed E-state index contributed by atoms with van der Waals surface area (Å²) in [7, 11) is 0. The fourth-order valence-corrected chi connectivity index (χ4v) is 3.57. The van der Waals surface area contributed by atoms with Crippen LogP contribution in [-0.4, -0.2) is 65.8 Å². The summed E-state index contributed by atoms with van der Waals surface area (Å²) in [5.41, 5.74) is 0.925. The normalized spacial score (nSPS) is 14.7. The van der Waals surface area contributed by atoms with Gasteiger partial charge in [0.1, 0.15) is 0 Å². The minimum Gasteiger partial charge on any atom is -0.351 e. The molecule has 1 saturated heterocycles. The number of hydrogen-bond donors (Lipinski definition) is 1. The van der Waals surface area contributed by atoms with Crippen LogP contribution in [0.15, 0.2) is 41.1 Å². The molecule has 0 bridgehead atoms. The maximum atomic E-state index is 12.5. The van der Waals surface area contributed by atoms with E-state index in [4.69, 9.17) is 0 Å². The van der Waals surface area contributed by atoms with Crippen LogP contribution in [0.5, 0.6) is 0 Å². The second-order valence-corrected chi connectivity index (χ2v) is 6.99. The first-order chi connectivity index (χ1) is 13.0. The van der Waals surface area contributed by atoms with Gasteiger partial charge in [0, 0.05) is 67.9 Å². The average molecular weight is 388 g/mol. The average Bonchev–Trinajstić information content (AvgIpc) is 3.23. The van der Waals surface area contributed by atoms with Crippen molar-refractivity contribution >= 4 is 28.8 Å². The molecule has 1 aromatic heterocycles. The van der Waals surface area contributed by atoms with E-state index in [2.05, 4.69) is 10.2 Å². The highest BCUT2D eigenvalue weighted by Gasteiger charge is 2.23. The van der Waals surface area contributed by atoms with E-state index < -0.39 is 4.92 Å². The summed E-state index contributed by atoms with van der Waals surface area (Å²) in [4.78, 5) is 38.7. The van der Waals surface area contributed by atoms with Crippen molar-refractivity contribution in [3.63, 3.8) is 0 Å². The lowest BCUT2D eigenvalue weighted by molar-refractivity contribution is -0.384. The molecule has 0 spiro atoms. The molecule has 9 heteroatoms. The Bertz CT molecular complexity index is 817. The van der Waals surface area contributed by atoms with Crippen molar-refractivity contribution in [1.82, 2.24) is 15.1 Å². The van der Waals surface area contributed by atoms with E-state index in [1.165, 1.54) is 29.5 Å².